The molecule has 0 saturated carbocycles. The Morgan fingerprint density at radius 1 is 1.47 bits per heavy atom. The lowest BCUT2D eigenvalue weighted by Gasteiger charge is -2.16. The summed E-state index contributed by atoms with van der Waals surface area (Å²) in [6.07, 6.45) is 0.801. The summed E-state index contributed by atoms with van der Waals surface area (Å²) in [5, 5.41) is 2.81. The standard InChI is InChI=1S/C14H21FN2O2/c1-17(10-12-5-3-6-13(15)9-12)11-14(18)16-7-4-8-19-2/h3,5-6,9H,4,7-8,10-11H2,1-2H3,(H,16,18). The molecule has 0 fully saturated rings. The van der Waals surface area contributed by atoms with Crippen molar-refractivity contribution in [2.45, 2.75) is 13.0 Å². The molecule has 0 atom stereocenters. The van der Waals surface area contributed by atoms with Crippen molar-refractivity contribution in [1.29, 1.82) is 0 Å². The van der Waals surface area contributed by atoms with Crippen molar-refractivity contribution in [2.24, 2.45) is 0 Å². The van der Waals surface area contributed by atoms with Crippen molar-refractivity contribution in [3.63, 3.8) is 0 Å². The van der Waals surface area contributed by atoms with Gasteiger partial charge in [0.05, 0.1) is 6.54 Å². The lowest BCUT2D eigenvalue weighted by molar-refractivity contribution is -0.122. The van der Waals surface area contributed by atoms with E-state index in [-0.39, 0.29) is 11.7 Å². The van der Waals surface area contributed by atoms with E-state index in [1.807, 2.05) is 18.0 Å². The molecule has 1 amide bonds. The van der Waals surface area contributed by atoms with Gasteiger partial charge < -0.3 is 10.1 Å². The summed E-state index contributed by atoms with van der Waals surface area (Å²) in [5.41, 5.74) is 0.856. The number of carbonyl (C=O) groups is 1. The molecule has 0 aliphatic rings. The van der Waals surface area contributed by atoms with Crippen molar-refractivity contribution in [3.05, 3.63) is 35.6 Å². The summed E-state index contributed by atoms with van der Waals surface area (Å²) in [6, 6.07) is 6.40. The molecule has 0 aliphatic heterocycles. The van der Waals surface area contributed by atoms with E-state index in [4.69, 9.17) is 4.74 Å². The van der Waals surface area contributed by atoms with Crippen LogP contribution in [0.2, 0.25) is 0 Å². The van der Waals surface area contributed by atoms with Crippen molar-refractivity contribution in [1.82, 2.24) is 10.2 Å². The van der Waals surface area contributed by atoms with Gasteiger partial charge in [-0.1, -0.05) is 12.1 Å². The van der Waals surface area contributed by atoms with Gasteiger partial charge in [0.1, 0.15) is 5.82 Å². The van der Waals surface area contributed by atoms with E-state index in [1.54, 1.807) is 13.2 Å². The maximum atomic E-state index is 13.0. The van der Waals surface area contributed by atoms with Gasteiger partial charge in [-0.25, -0.2) is 4.39 Å². The van der Waals surface area contributed by atoms with Crippen molar-refractivity contribution in [2.75, 3.05) is 33.9 Å². The van der Waals surface area contributed by atoms with E-state index in [1.165, 1.54) is 12.1 Å². The Morgan fingerprint density at radius 2 is 2.26 bits per heavy atom. The number of hydrogen-bond acceptors (Lipinski definition) is 3. The number of nitrogens with zero attached hydrogens (tertiary/aromatic N) is 1. The summed E-state index contributed by atoms with van der Waals surface area (Å²) in [7, 11) is 3.47. The van der Waals surface area contributed by atoms with Gasteiger partial charge in [0.25, 0.3) is 0 Å². The molecule has 0 radical (unpaired) electrons. The first kappa shape index (κ1) is 15.6. The largest absolute Gasteiger partial charge is 0.385 e. The molecule has 5 heteroatoms. The van der Waals surface area contributed by atoms with Crippen LogP contribution in [0.1, 0.15) is 12.0 Å². The van der Waals surface area contributed by atoms with Crippen LogP contribution < -0.4 is 5.32 Å². The quantitative estimate of drug-likeness (QED) is 0.725. The van der Waals surface area contributed by atoms with E-state index >= 15 is 0 Å². The third kappa shape index (κ3) is 6.88. The molecule has 4 nitrogen and oxygen atoms in total. The fourth-order valence-electron chi connectivity index (χ4n) is 1.75. The number of likely N-dealkylation sites (N-methyl/N-ethyl adjacent to an activating group) is 1. The first-order valence-corrected chi connectivity index (χ1v) is 6.30. The highest BCUT2D eigenvalue weighted by Crippen LogP contribution is 2.05. The van der Waals surface area contributed by atoms with Crippen LogP contribution in [0.25, 0.3) is 0 Å². The number of benzene rings is 1. The molecule has 0 bridgehead atoms. The Balaban J connectivity index is 2.26. The Hall–Kier alpha value is -1.46. The smallest absolute Gasteiger partial charge is 0.234 e. The second-order valence-corrected chi connectivity index (χ2v) is 4.50. The molecule has 0 saturated heterocycles. The maximum absolute atomic E-state index is 13.0. The van der Waals surface area contributed by atoms with Crippen LogP contribution in [0.4, 0.5) is 4.39 Å². The van der Waals surface area contributed by atoms with Gasteiger partial charge in [0, 0.05) is 26.8 Å². The van der Waals surface area contributed by atoms with Crippen LogP contribution >= 0.6 is 0 Å². The van der Waals surface area contributed by atoms with Crippen LogP contribution in [0.5, 0.6) is 0 Å². The molecule has 1 rings (SSSR count). The topological polar surface area (TPSA) is 41.6 Å². The third-order valence-electron chi connectivity index (χ3n) is 2.60. The number of carbonyl (C=O) groups excluding carboxylic acids is 1. The monoisotopic (exact) mass is 268 g/mol. The van der Waals surface area contributed by atoms with E-state index in [0.29, 0.717) is 26.2 Å². The number of hydrogen-bond donors (Lipinski definition) is 1. The van der Waals surface area contributed by atoms with Crippen molar-refractivity contribution in [3.8, 4) is 0 Å². The van der Waals surface area contributed by atoms with E-state index in [0.717, 1.165) is 12.0 Å². The number of rotatable bonds is 8. The van der Waals surface area contributed by atoms with Gasteiger partial charge in [0.2, 0.25) is 5.91 Å². The van der Waals surface area contributed by atoms with Gasteiger partial charge in [-0.15, -0.1) is 0 Å². The Labute approximate surface area is 113 Å². The summed E-state index contributed by atoms with van der Waals surface area (Å²) in [6.45, 7) is 2.09. The predicted octanol–water partition coefficient (Wildman–Crippen LogP) is 1.41. The summed E-state index contributed by atoms with van der Waals surface area (Å²) in [4.78, 5) is 13.5. The predicted molar refractivity (Wildman–Crippen MR) is 72.2 cm³/mol. The van der Waals surface area contributed by atoms with Crippen LogP contribution in [0.15, 0.2) is 24.3 Å². The van der Waals surface area contributed by atoms with E-state index in [2.05, 4.69) is 5.32 Å². The lowest BCUT2D eigenvalue weighted by Crippen LogP contribution is -2.35. The highest BCUT2D eigenvalue weighted by molar-refractivity contribution is 5.77. The fourth-order valence-corrected chi connectivity index (χ4v) is 1.75. The Morgan fingerprint density at radius 3 is 2.95 bits per heavy atom. The zero-order valence-electron chi connectivity index (χ0n) is 11.5. The SMILES string of the molecule is COCCCNC(=O)CN(C)Cc1cccc(F)c1. The fraction of sp³-hybridized carbons (Fsp3) is 0.500. The molecule has 19 heavy (non-hydrogen) atoms. The van der Waals surface area contributed by atoms with Crippen LogP contribution in [0, 0.1) is 5.82 Å². The minimum Gasteiger partial charge on any atom is -0.385 e. The lowest BCUT2D eigenvalue weighted by atomic mass is 10.2. The number of amides is 1. The third-order valence-corrected chi connectivity index (χ3v) is 2.60. The number of halogens is 1. The minimum absolute atomic E-state index is 0.0324. The molecule has 0 unspecified atom stereocenters. The second-order valence-electron chi connectivity index (χ2n) is 4.50. The molecular weight excluding hydrogens is 247 g/mol. The number of nitrogens with one attached hydrogen (secondary N) is 1. The summed E-state index contributed by atoms with van der Waals surface area (Å²) < 4.78 is 17.9. The molecular formula is C14H21FN2O2. The first-order valence-electron chi connectivity index (χ1n) is 6.30. The zero-order valence-corrected chi connectivity index (χ0v) is 11.5. The van der Waals surface area contributed by atoms with E-state index in [9.17, 15) is 9.18 Å². The maximum Gasteiger partial charge on any atom is 0.234 e. The minimum atomic E-state index is -0.255. The zero-order chi connectivity index (χ0) is 14.1. The molecule has 0 spiro atoms. The van der Waals surface area contributed by atoms with Gasteiger partial charge in [0.15, 0.2) is 0 Å². The normalized spacial score (nSPS) is 10.7. The van der Waals surface area contributed by atoms with Gasteiger partial charge in [-0.2, -0.15) is 0 Å². The summed E-state index contributed by atoms with van der Waals surface area (Å²) >= 11 is 0. The molecule has 1 aromatic carbocycles. The summed E-state index contributed by atoms with van der Waals surface area (Å²) in [5.74, 6) is -0.287. The highest BCUT2D eigenvalue weighted by atomic mass is 19.1. The highest BCUT2D eigenvalue weighted by Gasteiger charge is 2.07. The number of ether oxygens (including phenoxy) is 1. The average Bonchev–Trinajstić information content (AvgIpc) is 2.34. The van der Waals surface area contributed by atoms with Crippen molar-refractivity contribution >= 4 is 5.91 Å². The second kappa shape index (κ2) is 8.61. The molecule has 1 aromatic rings. The molecule has 1 N–H and O–H groups in total. The molecule has 106 valence electrons. The molecule has 0 aromatic heterocycles. The van der Waals surface area contributed by atoms with Gasteiger partial charge in [-0.05, 0) is 31.2 Å². The van der Waals surface area contributed by atoms with E-state index < -0.39 is 0 Å². The molecule has 0 heterocycles. The van der Waals surface area contributed by atoms with Gasteiger partial charge >= 0.3 is 0 Å². The van der Waals surface area contributed by atoms with Crippen LogP contribution in [0.3, 0.4) is 0 Å². The van der Waals surface area contributed by atoms with Crippen molar-refractivity contribution < 1.29 is 13.9 Å². The first-order chi connectivity index (χ1) is 9.11. The van der Waals surface area contributed by atoms with Gasteiger partial charge in [-0.3, -0.25) is 9.69 Å². The van der Waals surface area contributed by atoms with Crippen LogP contribution in [-0.2, 0) is 16.1 Å². The number of methoxy groups -OCH3 is 1. The van der Waals surface area contributed by atoms with Crippen LogP contribution in [-0.4, -0.2) is 44.7 Å². The Kier molecular flexibility index (Phi) is 7.07. The average molecular weight is 268 g/mol. The Bertz CT molecular complexity index is 399. The molecule has 0 aliphatic carbocycles.